The molecule has 1 fully saturated rings. The van der Waals surface area contributed by atoms with Crippen molar-refractivity contribution in [1.82, 2.24) is 4.90 Å². The molecule has 1 heterocycles. The number of esters is 2. The van der Waals surface area contributed by atoms with Crippen LogP contribution in [0.2, 0.25) is 0 Å². The molecule has 3 unspecified atom stereocenters. The minimum absolute atomic E-state index is 0.0159. The fourth-order valence-electron chi connectivity index (χ4n) is 7.36. The van der Waals surface area contributed by atoms with Crippen molar-refractivity contribution in [3.05, 3.63) is 30.5 Å². The molecule has 0 bridgehead atoms. The van der Waals surface area contributed by atoms with Gasteiger partial charge in [-0.05, 0) is 101 Å². The fourth-order valence-corrected chi connectivity index (χ4v) is 7.36. The van der Waals surface area contributed by atoms with E-state index in [1.54, 1.807) is 12.2 Å². The van der Waals surface area contributed by atoms with Crippen LogP contribution >= 0.6 is 0 Å². The van der Waals surface area contributed by atoms with Gasteiger partial charge in [0.15, 0.2) is 0 Å². The average Bonchev–Trinajstić information content (AvgIpc) is 3.67. The molecule has 1 saturated heterocycles. The number of hydrogen-bond acceptors (Lipinski definition) is 6. The van der Waals surface area contributed by atoms with Crippen LogP contribution in [0.5, 0.6) is 0 Å². The first-order chi connectivity index (χ1) is 26.0. The van der Waals surface area contributed by atoms with Crippen LogP contribution in [0, 0.1) is 11.8 Å². The Morgan fingerprint density at radius 3 is 1.74 bits per heavy atom. The van der Waals surface area contributed by atoms with Crippen LogP contribution in [-0.4, -0.2) is 62.4 Å². The molecule has 0 saturated carbocycles. The van der Waals surface area contributed by atoms with Gasteiger partial charge in [-0.2, -0.15) is 0 Å². The van der Waals surface area contributed by atoms with E-state index in [2.05, 4.69) is 38.0 Å². The lowest BCUT2D eigenvalue weighted by molar-refractivity contribution is -0.145. The highest BCUT2D eigenvalue weighted by molar-refractivity contribution is 5.70. The second-order valence-corrected chi connectivity index (χ2v) is 16.0. The summed E-state index contributed by atoms with van der Waals surface area (Å²) in [5, 5.41) is 0. The molecular formula is C47H85NO5. The third-order valence-electron chi connectivity index (χ3n) is 10.8. The minimum Gasteiger partial charge on any atom is -0.466 e. The first kappa shape index (κ1) is 49.1. The molecule has 53 heavy (non-hydrogen) atoms. The van der Waals surface area contributed by atoms with E-state index in [-0.39, 0.29) is 17.9 Å². The Labute approximate surface area is 328 Å². The molecule has 308 valence electrons. The van der Waals surface area contributed by atoms with Crippen LogP contribution in [0.1, 0.15) is 201 Å². The summed E-state index contributed by atoms with van der Waals surface area (Å²) in [7, 11) is 0. The molecule has 0 N–H and O–H groups in total. The smallest absolute Gasteiger partial charge is 0.306 e. The molecule has 1 aliphatic rings. The van der Waals surface area contributed by atoms with E-state index in [0.717, 1.165) is 51.6 Å². The number of unbranched alkanes of at least 4 members (excludes halogenated alkanes) is 15. The Balaban J connectivity index is 2.20. The summed E-state index contributed by atoms with van der Waals surface area (Å²) in [4.78, 5) is 27.2. The number of rotatable bonds is 38. The van der Waals surface area contributed by atoms with Crippen molar-refractivity contribution >= 4 is 11.9 Å². The molecule has 0 aromatic rings. The van der Waals surface area contributed by atoms with Crippen molar-refractivity contribution in [2.45, 2.75) is 207 Å². The number of nitrogens with zero attached hydrogens (tertiary/aromatic N) is 1. The van der Waals surface area contributed by atoms with Gasteiger partial charge in [0.1, 0.15) is 0 Å². The van der Waals surface area contributed by atoms with Crippen molar-refractivity contribution < 1.29 is 23.8 Å². The van der Waals surface area contributed by atoms with Crippen molar-refractivity contribution in [2.75, 3.05) is 39.5 Å². The van der Waals surface area contributed by atoms with Gasteiger partial charge in [0, 0.05) is 13.0 Å². The maximum Gasteiger partial charge on any atom is 0.306 e. The van der Waals surface area contributed by atoms with Gasteiger partial charge in [-0.25, -0.2) is 0 Å². The van der Waals surface area contributed by atoms with Crippen LogP contribution in [-0.2, 0) is 23.8 Å². The van der Waals surface area contributed by atoms with Gasteiger partial charge in [0.25, 0.3) is 0 Å². The molecule has 0 aromatic carbocycles. The molecule has 6 nitrogen and oxygen atoms in total. The number of likely N-dealkylation sites (tertiary alicyclic amines) is 1. The van der Waals surface area contributed by atoms with E-state index in [0.29, 0.717) is 38.1 Å². The summed E-state index contributed by atoms with van der Waals surface area (Å²) in [6, 6.07) is 0. The van der Waals surface area contributed by atoms with Crippen molar-refractivity contribution in [1.29, 1.82) is 0 Å². The van der Waals surface area contributed by atoms with E-state index in [1.165, 1.54) is 142 Å². The monoisotopic (exact) mass is 744 g/mol. The van der Waals surface area contributed by atoms with Crippen LogP contribution < -0.4 is 0 Å². The Kier molecular flexibility index (Phi) is 34.4. The SMILES string of the molecule is C=CC=C=CC(CCCCC)CC(=O)OCCCCCCCCC(CCCCCCCCOC(=O)CC(C)CCCCC)OCCCCN1CCCC1. The zero-order chi connectivity index (χ0) is 38.5. The van der Waals surface area contributed by atoms with E-state index in [4.69, 9.17) is 14.2 Å². The van der Waals surface area contributed by atoms with Crippen molar-refractivity contribution in [2.24, 2.45) is 11.8 Å². The molecule has 1 rings (SSSR count). The normalized spacial score (nSPS) is 14.7. The van der Waals surface area contributed by atoms with E-state index in [9.17, 15) is 9.59 Å². The predicted molar refractivity (Wildman–Crippen MR) is 224 cm³/mol. The van der Waals surface area contributed by atoms with Crippen LogP contribution in [0.3, 0.4) is 0 Å². The largest absolute Gasteiger partial charge is 0.466 e. The third kappa shape index (κ3) is 32.1. The molecule has 0 aromatic heterocycles. The number of allylic oxidation sites excluding steroid dienone is 2. The van der Waals surface area contributed by atoms with Gasteiger partial charge in [-0.1, -0.05) is 143 Å². The Hall–Kier alpha value is -1.88. The van der Waals surface area contributed by atoms with Gasteiger partial charge in [0.05, 0.1) is 25.7 Å². The summed E-state index contributed by atoms with van der Waals surface area (Å²) in [5.41, 5.74) is 3.14. The van der Waals surface area contributed by atoms with Gasteiger partial charge >= 0.3 is 11.9 Å². The molecule has 1 aliphatic heterocycles. The Bertz CT molecular complexity index is 922. The molecular weight excluding hydrogens is 659 g/mol. The maximum absolute atomic E-state index is 12.4. The van der Waals surface area contributed by atoms with Crippen molar-refractivity contribution in [3.8, 4) is 0 Å². The third-order valence-corrected chi connectivity index (χ3v) is 10.8. The first-order valence-corrected chi connectivity index (χ1v) is 22.7. The Morgan fingerprint density at radius 1 is 0.642 bits per heavy atom. The highest BCUT2D eigenvalue weighted by Gasteiger charge is 2.14. The summed E-state index contributed by atoms with van der Waals surface area (Å²) in [6.45, 7) is 16.1. The average molecular weight is 744 g/mol. The van der Waals surface area contributed by atoms with Gasteiger partial charge in [-0.15, -0.1) is 5.73 Å². The van der Waals surface area contributed by atoms with Crippen LogP contribution in [0.4, 0.5) is 0 Å². The summed E-state index contributed by atoms with van der Waals surface area (Å²) in [6.07, 6.45) is 37.8. The van der Waals surface area contributed by atoms with E-state index >= 15 is 0 Å². The molecule has 6 heteroatoms. The van der Waals surface area contributed by atoms with Crippen LogP contribution in [0.25, 0.3) is 0 Å². The summed E-state index contributed by atoms with van der Waals surface area (Å²) < 4.78 is 17.6. The second-order valence-electron chi connectivity index (χ2n) is 16.0. The van der Waals surface area contributed by atoms with E-state index in [1.807, 2.05) is 6.08 Å². The standard InChI is InChI=1S/C47H85NO5/c1-5-8-19-30-43(4)41-46(49)52-39-27-17-13-11-15-22-33-45(51-38-29-26-37-48-35-24-25-36-48)34-23-16-12-14-18-28-40-53-47(50)42-44(31-20-9-6-2)32-21-10-7-3/h6,9,31,43-45H,2,5,7-8,10-19,21-30,32-42H2,1,3-4H3. The van der Waals surface area contributed by atoms with Gasteiger partial charge in [0.2, 0.25) is 0 Å². The fraction of sp³-hybridized carbons (Fsp3) is 0.851. The lowest BCUT2D eigenvalue weighted by Gasteiger charge is -2.19. The number of hydrogen-bond donors (Lipinski definition) is 0. The Morgan fingerprint density at radius 2 is 1.15 bits per heavy atom. The van der Waals surface area contributed by atoms with Crippen molar-refractivity contribution in [3.63, 3.8) is 0 Å². The molecule has 0 aliphatic carbocycles. The van der Waals surface area contributed by atoms with Crippen LogP contribution in [0.15, 0.2) is 30.5 Å². The van der Waals surface area contributed by atoms with Gasteiger partial charge in [-0.3, -0.25) is 9.59 Å². The summed E-state index contributed by atoms with van der Waals surface area (Å²) >= 11 is 0. The number of carbonyl (C=O) groups excluding carboxylic acids is 2. The lowest BCUT2D eigenvalue weighted by Crippen LogP contribution is -2.21. The number of carbonyl (C=O) groups is 2. The highest BCUT2D eigenvalue weighted by Crippen LogP contribution is 2.19. The quantitative estimate of drug-likeness (QED) is 0.0271. The first-order valence-electron chi connectivity index (χ1n) is 22.7. The lowest BCUT2D eigenvalue weighted by atomic mass is 9.98. The van der Waals surface area contributed by atoms with E-state index < -0.39 is 0 Å². The maximum atomic E-state index is 12.4. The zero-order valence-corrected chi connectivity index (χ0v) is 35.2. The second kappa shape index (κ2) is 37.1. The predicted octanol–water partition coefficient (Wildman–Crippen LogP) is 12.9. The molecule has 0 amide bonds. The topological polar surface area (TPSA) is 65.1 Å². The minimum atomic E-state index is -0.0821. The molecule has 0 spiro atoms. The molecule has 3 atom stereocenters. The highest BCUT2D eigenvalue weighted by atomic mass is 16.5. The summed E-state index contributed by atoms with van der Waals surface area (Å²) in [5.74, 6) is 0.532. The molecule has 0 radical (unpaired) electrons. The zero-order valence-electron chi connectivity index (χ0n) is 35.2. The van der Waals surface area contributed by atoms with Gasteiger partial charge < -0.3 is 19.1 Å². The number of ether oxygens (including phenoxy) is 3.